The van der Waals surface area contributed by atoms with Gasteiger partial charge in [0.05, 0.1) is 0 Å². The Kier molecular flexibility index (Phi) is 4.68. The van der Waals surface area contributed by atoms with Gasteiger partial charge in [-0.3, -0.25) is 9.59 Å². The first-order valence-electron chi connectivity index (χ1n) is 9.51. The van der Waals surface area contributed by atoms with Crippen LogP contribution in [0, 0.1) is 18.7 Å². The summed E-state index contributed by atoms with van der Waals surface area (Å²) in [4.78, 5) is 24.5. The van der Waals surface area contributed by atoms with E-state index >= 15 is 0 Å². The average molecular weight is 366 g/mol. The number of hydrogen-bond acceptors (Lipinski definition) is 2. The number of benzene rings is 2. The van der Waals surface area contributed by atoms with E-state index in [0.29, 0.717) is 34.7 Å². The van der Waals surface area contributed by atoms with Crippen LogP contribution in [0.25, 0.3) is 11.1 Å². The maximum Gasteiger partial charge on any atom is 0.251 e. The number of hydrogen-bond donors (Lipinski definition) is 2. The topological polar surface area (TPSA) is 58.2 Å². The zero-order chi connectivity index (χ0) is 19.0. The third-order valence-electron chi connectivity index (χ3n) is 5.18. The fourth-order valence-corrected chi connectivity index (χ4v) is 3.09. The van der Waals surface area contributed by atoms with Crippen molar-refractivity contribution in [3.63, 3.8) is 0 Å². The molecule has 2 amide bonds. The third-order valence-corrected chi connectivity index (χ3v) is 5.18. The summed E-state index contributed by atoms with van der Waals surface area (Å²) in [6.07, 6.45) is 4.34. The third kappa shape index (κ3) is 4.18. The number of nitrogens with one attached hydrogen (secondary N) is 2. The van der Waals surface area contributed by atoms with Gasteiger partial charge in [0.15, 0.2) is 0 Å². The lowest BCUT2D eigenvalue weighted by Gasteiger charge is -2.12. The second-order valence-electron chi connectivity index (χ2n) is 7.63. The number of amides is 2. The van der Waals surface area contributed by atoms with E-state index in [4.69, 9.17) is 0 Å². The summed E-state index contributed by atoms with van der Waals surface area (Å²) in [5.41, 5.74) is 2.78. The van der Waals surface area contributed by atoms with Crippen LogP contribution in [0.1, 0.15) is 52.0 Å². The number of halogens is 1. The molecular weight excluding hydrogens is 343 g/mol. The van der Waals surface area contributed by atoms with Crippen LogP contribution >= 0.6 is 0 Å². The molecule has 0 radical (unpaired) electrons. The van der Waals surface area contributed by atoms with Gasteiger partial charge in [0.1, 0.15) is 5.82 Å². The van der Waals surface area contributed by atoms with E-state index in [1.165, 1.54) is 6.07 Å². The number of rotatable bonds is 6. The zero-order valence-electron chi connectivity index (χ0n) is 15.3. The van der Waals surface area contributed by atoms with Gasteiger partial charge in [-0.1, -0.05) is 12.1 Å². The van der Waals surface area contributed by atoms with E-state index in [0.717, 1.165) is 31.2 Å². The highest BCUT2D eigenvalue weighted by Crippen LogP contribution is 2.29. The molecule has 2 saturated carbocycles. The molecule has 140 valence electrons. The van der Waals surface area contributed by atoms with Crippen LogP contribution in [0.2, 0.25) is 0 Å². The van der Waals surface area contributed by atoms with Gasteiger partial charge in [0.25, 0.3) is 11.8 Å². The molecule has 4 rings (SSSR count). The van der Waals surface area contributed by atoms with Gasteiger partial charge >= 0.3 is 0 Å². The fraction of sp³-hybridized carbons (Fsp3) is 0.364. The molecule has 4 nitrogen and oxygen atoms in total. The molecule has 0 aromatic heterocycles. The predicted molar refractivity (Wildman–Crippen MR) is 102 cm³/mol. The molecule has 0 saturated heterocycles. The van der Waals surface area contributed by atoms with Gasteiger partial charge in [-0.2, -0.15) is 0 Å². The second-order valence-corrected chi connectivity index (χ2v) is 7.63. The van der Waals surface area contributed by atoms with Crippen molar-refractivity contribution in [2.24, 2.45) is 5.92 Å². The molecular formula is C22H23FN2O2. The lowest BCUT2D eigenvalue weighted by Crippen LogP contribution is -2.25. The van der Waals surface area contributed by atoms with Crippen LogP contribution < -0.4 is 10.6 Å². The Labute approximate surface area is 158 Å². The monoisotopic (exact) mass is 366 g/mol. The molecule has 0 spiro atoms. The first-order valence-corrected chi connectivity index (χ1v) is 9.51. The quantitative estimate of drug-likeness (QED) is 0.816. The van der Waals surface area contributed by atoms with E-state index < -0.39 is 5.82 Å². The van der Waals surface area contributed by atoms with Crippen molar-refractivity contribution in [2.45, 2.75) is 38.6 Å². The summed E-state index contributed by atoms with van der Waals surface area (Å²) < 4.78 is 14.8. The second kappa shape index (κ2) is 7.14. The highest BCUT2D eigenvalue weighted by Gasteiger charge is 2.24. The highest BCUT2D eigenvalue weighted by molar-refractivity contribution is 5.97. The van der Waals surface area contributed by atoms with Crippen molar-refractivity contribution < 1.29 is 14.0 Å². The molecule has 2 aromatic rings. The largest absolute Gasteiger partial charge is 0.352 e. The molecule has 2 aliphatic carbocycles. The van der Waals surface area contributed by atoms with Gasteiger partial charge in [0, 0.05) is 29.3 Å². The molecule has 5 heteroatoms. The zero-order valence-corrected chi connectivity index (χ0v) is 15.3. The van der Waals surface area contributed by atoms with Crippen LogP contribution in [0.5, 0.6) is 0 Å². The molecule has 2 N–H and O–H groups in total. The number of aryl methyl sites for hydroxylation is 1. The van der Waals surface area contributed by atoms with Gasteiger partial charge in [-0.15, -0.1) is 0 Å². The molecule has 2 aromatic carbocycles. The van der Waals surface area contributed by atoms with Crippen molar-refractivity contribution >= 4 is 11.8 Å². The lowest BCUT2D eigenvalue weighted by atomic mass is 9.96. The van der Waals surface area contributed by atoms with Crippen molar-refractivity contribution in [3.05, 3.63) is 58.9 Å². The van der Waals surface area contributed by atoms with Gasteiger partial charge in [-0.05, 0) is 73.9 Å². The Morgan fingerprint density at radius 1 is 0.963 bits per heavy atom. The normalized spacial score (nSPS) is 16.1. The number of carbonyl (C=O) groups excluding carboxylic acids is 2. The van der Waals surface area contributed by atoms with E-state index in [9.17, 15) is 14.0 Å². The van der Waals surface area contributed by atoms with Crippen LogP contribution in [-0.2, 0) is 0 Å². The summed E-state index contributed by atoms with van der Waals surface area (Å²) in [5, 5.41) is 5.80. The highest BCUT2D eigenvalue weighted by atomic mass is 19.1. The molecule has 0 atom stereocenters. The summed E-state index contributed by atoms with van der Waals surface area (Å²) >= 11 is 0. The Bertz CT molecular complexity index is 901. The summed E-state index contributed by atoms with van der Waals surface area (Å²) in [5.74, 6) is -0.265. The van der Waals surface area contributed by atoms with E-state index in [2.05, 4.69) is 10.6 Å². The first kappa shape index (κ1) is 17.7. The smallest absolute Gasteiger partial charge is 0.251 e. The molecule has 0 heterocycles. The first-order chi connectivity index (χ1) is 13.0. The maximum atomic E-state index is 14.8. The van der Waals surface area contributed by atoms with Crippen LogP contribution in [0.3, 0.4) is 0 Å². The summed E-state index contributed by atoms with van der Waals surface area (Å²) in [6, 6.07) is 10.1. The van der Waals surface area contributed by atoms with Crippen molar-refractivity contribution in [3.8, 4) is 11.1 Å². The molecule has 2 aliphatic rings. The average Bonchev–Trinajstić information content (AvgIpc) is 3.55. The SMILES string of the molecule is Cc1ccc(C(=O)NC2CC2)cc1-c1ccc(C(=O)NCC2CC2)cc1F. The van der Waals surface area contributed by atoms with E-state index in [1.54, 1.807) is 24.3 Å². The van der Waals surface area contributed by atoms with Crippen LogP contribution in [-0.4, -0.2) is 24.4 Å². The molecule has 0 aliphatic heterocycles. The Morgan fingerprint density at radius 3 is 2.33 bits per heavy atom. The van der Waals surface area contributed by atoms with Crippen molar-refractivity contribution in [2.75, 3.05) is 6.54 Å². The number of carbonyl (C=O) groups is 2. The Hall–Kier alpha value is -2.69. The lowest BCUT2D eigenvalue weighted by molar-refractivity contribution is 0.0943. The molecule has 0 bridgehead atoms. The predicted octanol–water partition coefficient (Wildman–Crippen LogP) is 3.83. The van der Waals surface area contributed by atoms with E-state index in [1.807, 2.05) is 13.0 Å². The summed E-state index contributed by atoms with van der Waals surface area (Å²) in [6.45, 7) is 2.53. The Balaban J connectivity index is 1.56. The van der Waals surface area contributed by atoms with Gasteiger partial charge in [0.2, 0.25) is 0 Å². The molecule has 0 unspecified atom stereocenters. The minimum absolute atomic E-state index is 0.129. The molecule has 2 fully saturated rings. The minimum atomic E-state index is -0.461. The van der Waals surface area contributed by atoms with Gasteiger partial charge in [-0.25, -0.2) is 4.39 Å². The Morgan fingerprint density at radius 2 is 1.67 bits per heavy atom. The van der Waals surface area contributed by atoms with Crippen LogP contribution in [0.4, 0.5) is 4.39 Å². The van der Waals surface area contributed by atoms with Crippen molar-refractivity contribution in [1.29, 1.82) is 0 Å². The fourth-order valence-electron chi connectivity index (χ4n) is 3.09. The standard InChI is InChI=1S/C22H23FN2O2/c1-13-2-5-15(22(27)25-17-7-8-17)10-19(13)18-9-6-16(11-20(18)23)21(26)24-12-14-3-4-14/h2,5-6,9-11,14,17H,3-4,7-8,12H2,1H3,(H,24,26)(H,25,27). The molecule has 27 heavy (non-hydrogen) atoms. The van der Waals surface area contributed by atoms with Crippen molar-refractivity contribution in [1.82, 2.24) is 10.6 Å². The van der Waals surface area contributed by atoms with Crippen LogP contribution in [0.15, 0.2) is 36.4 Å². The minimum Gasteiger partial charge on any atom is -0.352 e. The van der Waals surface area contributed by atoms with E-state index in [-0.39, 0.29) is 17.9 Å². The maximum absolute atomic E-state index is 14.8. The summed E-state index contributed by atoms with van der Waals surface area (Å²) in [7, 11) is 0. The van der Waals surface area contributed by atoms with Gasteiger partial charge < -0.3 is 10.6 Å².